The zero-order chi connectivity index (χ0) is 38.6. The highest BCUT2D eigenvalue weighted by molar-refractivity contribution is 7.45. The fourth-order valence-electron chi connectivity index (χ4n) is 5.25. The second-order valence-electron chi connectivity index (χ2n) is 14.7. The third-order valence-electron chi connectivity index (χ3n) is 8.46. The number of esters is 2. The molecule has 0 amide bonds. The van der Waals surface area contributed by atoms with Gasteiger partial charge in [-0.25, -0.2) is 0 Å². The van der Waals surface area contributed by atoms with Crippen molar-refractivity contribution in [1.29, 1.82) is 0 Å². The van der Waals surface area contributed by atoms with E-state index in [2.05, 4.69) is 32.1 Å². The van der Waals surface area contributed by atoms with Gasteiger partial charge in [0.25, 0.3) is 7.82 Å². The first-order chi connectivity index (χ1) is 25.0. The molecule has 0 N–H and O–H groups in total. The van der Waals surface area contributed by atoms with Crippen LogP contribution in [0.4, 0.5) is 0 Å². The number of quaternary nitrogens is 1. The molecule has 0 fully saturated rings. The smallest absolute Gasteiger partial charge is 0.306 e. The molecule has 52 heavy (non-hydrogen) atoms. The summed E-state index contributed by atoms with van der Waals surface area (Å²) in [5, 5.41) is 0. The number of likely N-dealkylation sites (N-methyl/N-ethyl adjacent to an activating group) is 1. The van der Waals surface area contributed by atoms with Crippen LogP contribution in [0.3, 0.4) is 0 Å². The standard InChI is InChI=1S/C42H76NO8P/c1-6-8-10-12-14-16-18-20-21-23-24-26-28-30-32-34-41(44)48-38-40(39-50-52(46,47)49-37-36-43(3,4)5)51-42(45)35-33-31-29-27-25-22-19-17-15-13-11-9-7-2/h8,10,12,14,16,18,20-21,40H,6-7,9,11,13,15,17,19,22-39H2,1-5H3/b10-8+,14-12+,18-16+,21-20+/t40-/m1/s1. The fraction of sp³-hybridized carbons (Fsp3) is 0.762. The molecule has 0 radical (unpaired) electrons. The number of carbonyl (C=O) groups is 2. The van der Waals surface area contributed by atoms with Crippen molar-refractivity contribution in [3.8, 4) is 0 Å². The number of hydrogen-bond acceptors (Lipinski definition) is 8. The summed E-state index contributed by atoms with van der Waals surface area (Å²) in [5.74, 6) is -0.863. The number of phosphoric acid groups is 1. The van der Waals surface area contributed by atoms with Crippen LogP contribution in [-0.4, -0.2) is 70.0 Å². The molecular weight excluding hydrogens is 677 g/mol. The molecule has 0 aromatic heterocycles. The monoisotopic (exact) mass is 754 g/mol. The van der Waals surface area contributed by atoms with Crippen LogP contribution in [0.5, 0.6) is 0 Å². The van der Waals surface area contributed by atoms with Gasteiger partial charge in [-0.05, 0) is 32.1 Å². The van der Waals surface area contributed by atoms with E-state index in [4.69, 9.17) is 18.5 Å². The van der Waals surface area contributed by atoms with Crippen molar-refractivity contribution in [2.75, 3.05) is 47.5 Å². The van der Waals surface area contributed by atoms with Crippen LogP contribution in [0.1, 0.15) is 155 Å². The van der Waals surface area contributed by atoms with Gasteiger partial charge in [0, 0.05) is 12.8 Å². The maximum Gasteiger partial charge on any atom is 0.306 e. The first-order valence-corrected chi connectivity index (χ1v) is 21.9. The average Bonchev–Trinajstić information content (AvgIpc) is 3.09. The van der Waals surface area contributed by atoms with Gasteiger partial charge in [0.05, 0.1) is 27.7 Å². The van der Waals surface area contributed by atoms with Gasteiger partial charge in [-0.3, -0.25) is 14.2 Å². The van der Waals surface area contributed by atoms with Gasteiger partial charge in [0.1, 0.15) is 19.8 Å². The fourth-order valence-corrected chi connectivity index (χ4v) is 5.98. The molecule has 0 heterocycles. The zero-order valence-corrected chi connectivity index (χ0v) is 34.6. The predicted molar refractivity (Wildman–Crippen MR) is 213 cm³/mol. The van der Waals surface area contributed by atoms with E-state index in [0.29, 0.717) is 23.9 Å². The third-order valence-corrected chi connectivity index (χ3v) is 9.42. The van der Waals surface area contributed by atoms with Crippen LogP contribution < -0.4 is 4.89 Å². The maximum atomic E-state index is 12.6. The topological polar surface area (TPSA) is 111 Å². The molecule has 1 unspecified atom stereocenters. The number of nitrogens with zero attached hydrogens (tertiary/aromatic N) is 1. The molecular formula is C42H76NO8P. The second kappa shape index (κ2) is 34.7. The summed E-state index contributed by atoms with van der Waals surface area (Å²) in [5.41, 5.74) is 0. The zero-order valence-electron chi connectivity index (χ0n) is 33.7. The SMILES string of the molecule is CC/C=C/C=C/C=C/C=C/CCCCCCCC(=O)OC[C@H](COP(=O)([O-])OCC[N+](C)(C)C)OC(=O)CCCCCCCCCCCCCCC. The number of carbonyl (C=O) groups excluding carboxylic acids is 2. The normalized spacial score (nSPS) is 14.2. The lowest BCUT2D eigenvalue weighted by atomic mass is 10.0. The third kappa shape index (κ3) is 37.7. The molecule has 0 bridgehead atoms. The highest BCUT2D eigenvalue weighted by Gasteiger charge is 2.21. The van der Waals surface area contributed by atoms with Crippen molar-refractivity contribution < 1.29 is 42.1 Å². The van der Waals surface area contributed by atoms with Crippen LogP contribution in [0.25, 0.3) is 0 Å². The van der Waals surface area contributed by atoms with E-state index in [0.717, 1.165) is 57.8 Å². The Kier molecular flexibility index (Phi) is 33.4. The molecule has 302 valence electrons. The summed E-state index contributed by atoms with van der Waals surface area (Å²) in [6, 6.07) is 0. The van der Waals surface area contributed by atoms with Gasteiger partial charge in [0.15, 0.2) is 6.10 Å². The summed E-state index contributed by atoms with van der Waals surface area (Å²) in [6.45, 7) is 4.04. The van der Waals surface area contributed by atoms with Gasteiger partial charge in [-0.1, -0.05) is 159 Å². The Balaban J connectivity index is 4.44. The quantitative estimate of drug-likeness (QED) is 0.0204. The van der Waals surface area contributed by atoms with Gasteiger partial charge >= 0.3 is 11.9 Å². The van der Waals surface area contributed by atoms with Gasteiger partial charge < -0.3 is 27.9 Å². The minimum Gasteiger partial charge on any atom is -0.756 e. The number of unbranched alkanes of at least 4 members (excludes halogenated alkanes) is 17. The minimum atomic E-state index is -4.62. The first kappa shape index (κ1) is 50.0. The lowest BCUT2D eigenvalue weighted by Crippen LogP contribution is -2.37. The van der Waals surface area contributed by atoms with Crippen molar-refractivity contribution in [3.05, 3.63) is 48.6 Å². The summed E-state index contributed by atoms with van der Waals surface area (Å²) in [6.07, 6.45) is 38.5. The van der Waals surface area contributed by atoms with Crippen LogP contribution >= 0.6 is 7.82 Å². The molecule has 10 heteroatoms. The Bertz CT molecular complexity index is 1030. The van der Waals surface area contributed by atoms with Crippen molar-refractivity contribution >= 4 is 19.8 Å². The molecule has 0 aliphatic heterocycles. The number of allylic oxidation sites excluding steroid dienone is 8. The molecule has 2 atom stereocenters. The first-order valence-electron chi connectivity index (χ1n) is 20.4. The summed E-state index contributed by atoms with van der Waals surface area (Å²) < 4.78 is 33.8. The van der Waals surface area contributed by atoms with E-state index in [9.17, 15) is 19.0 Å². The van der Waals surface area contributed by atoms with E-state index in [1.54, 1.807) is 0 Å². The van der Waals surface area contributed by atoms with Gasteiger partial charge in [-0.2, -0.15) is 0 Å². The van der Waals surface area contributed by atoms with Gasteiger partial charge in [0.2, 0.25) is 0 Å². The number of ether oxygens (including phenoxy) is 2. The molecule has 0 rings (SSSR count). The molecule has 0 aliphatic rings. The molecule has 0 aliphatic carbocycles. The highest BCUT2D eigenvalue weighted by Crippen LogP contribution is 2.38. The second-order valence-corrected chi connectivity index (χ2v) is 16.1. The Morgan fingerprint density at radius 2 is 1.10 bits per heavy atom. The Morgan fingerprint density at radius 3 is 1.63 bits per heavy atom. The van der Waals surface area contributed by atoms with Crippen molar-refractivity contribution in [2.24, 2.45) is 0 Å². The molecule has 0 aromatic carbocycles. The maximum absolute atomic E-state index is 12.6. The lowest BCUT2D eigenvalue weighted by molar-refractivity contribution is -0.870. The summed E-state index contributed by atoms with van der Waals surface area (Å²) in [4.78, 5) is 37.4. The molecule has 0 spiro atoms. The van der Waals surface area contributed by atoms with Gasteiger partial charge in [-0.15, -0.1) is 0 Å². The Hall–Kier alpha value is -2.03. The summed E-state index contributed by atoms with van der Waals surface area (Å²) >= 11 is 0. The molecule has 0 saturated heterocycles. The average molecular weight is 754 g/mol. The van der Waals surface area contributed by atoms with E-state index >= 15 is 0 Å². The van der Waals surface area contributed by atoms with Crippen LogP contribution in [0, 0.1) is 0 Å². The van der Waals surface area contributed by atoms with Crippen molar-refractivity contribution in [3.63, 3.8) is 0 Å². The van der Waals surface area contributed by atoms with E-state index in [1.807, 2.05) is 51.5 Å². The molecule has 0 saturated carbocycles. The largest absolute Gasteiger partial charge is 0.756 e. The predicted octanol–water partition coefficient (Wildman–Crippen LogP) is 10.5. The lowest BCUT2D eigenvalue weighted by Gasteiger charge is -2.28. The van der Waals surface area contributed by atoms with Crippen LogP contribution in [0.2, 0.25) is 0 Å². The number of hydrogen-bond donors (Lipinski definition) is 0. The van der Waals surface area contributed by atoms with E-state index < -0.39 is 32.5 Å². The number of phosphoric ester groups is 1. The Labute approximate surface area is 318 Å². The summed E-state index contributed by atoms with van der Waals surface area (Å²) in [7, 11) is 1.15. The van der Waals surface area contributed by atoms with Crippen LogP contribution in [0.15, 0.2) is 48.6 Å². The van der Waals surface area contributed by atoms with E-state index in [1.165, 1.54) is 57.8 Å². The highest BCUT2D eigenvalue weighted by atomic mass is 31.2. The van der Waals surface area contributed by atoms with Crippen molar-refractivity contribution in [2.45, 2.75) is 161 Å². The Morgan fingerprint density at radius 1 is 0.615 bits per heavy atom. The van der Waals surface area contributed by atoms with Crippen LogP contribution in [-0.2, 0) is 32.7 Å². The molecule has 9 nitrogen and oxygen atoms in total. The van der Waals surface area contributed by atoms with Crippen molar-refractivity contribution in [1.82, 2.24) is 0 Å². The molecule has 0 aromatic rings. The number of rotatable bonds is 36. The van der Waals surface area contributed by atoms with E-state index in [-0.39, 0.29) is 26.1 Å². The minimum absolute atomic E-state index is 0.0357.